The third-order valence-electron chi connectivity index (χ3n) is 4.21. The number of thioether (sulfide) groups is 1. The lowest BCUT2D eigenvalue weighted by Gasteiger charge is -2.32. The fourth-order valence-corrected chi connectivity index (χ4v) is 4.42. The van der Waals surface area contributed by atoms with Crippen LogP contribution in [0.25, 0.3) is 6.08 Å². The second kappa shape index (κ2) is 7.17. The molecule has 2 rings (SSSR count). The molecule has 10 heteroatoms. The van der Waals surface area contributed by atoms with Gasteiger partial charge in [-0.2, -0.15) is 0 Å². The third-order valence-corrected chi connectivity index (χ3v) is 7.56. The molecule has 0 atom stereocenters. The van der Waals surface area contributed by atoms with Crippen molar-refractivity contribution in [3.8, 4) is 0 Å². The first-order chi connectivity index (χ1) is 11.3. The van der Waals surface area contributed by atoms with Crippen LogP contribution in [0.2, 0.25) is 0 Å². The van der Waals surface area contributed by atoms with Crippen molar-refractivity contribution in [2.24, 2.45) is 5.14 Å². The highest BCUT2D eigenvalue weighted by Gasteiger charge is 2.52. The van der Waals surface area contributed by atoms with E-state index in [1.54, 1.807) is 12.1 Å². The van der Waals surface area contributed by atoms with Crippen molar-refractivity contribution in [1.29, 1.82) is 0 Å². The molecule has 0 bridgehead atoms. The number of rotatable bonds is 5. The summed E-state index contributed by atoms with van der Waals surface area (Å²) in [6, 6.07) is 3.14. The summed E-state index contributed by atoms with van der Waals surface area (Å²) in [5, 5.41) is 5.14. The molecule has 0 radical (unpaired) electrons. The van der Waals surface area contributed by atoms with Crippen LogP contribution in [-0.2, 0) is 24.1 Å². The average molecular weight is 403 g/mol. The van der Waals surface area contributed by atoms with Crippen LogP contribution in [-0.4, -0.2) is 37.6 Å². The summed E-state index contributed by atoms with van der Waals surface area (Å²) in [5.41, 5.74) is -0.237. The molecule has 0 saturated carbocycles. The molecule has 0 spiro atoms. The average Bonchev–Trinajstić information content (AvgIpc) is 2.97. The van der Waals surface area contributed by atoms with Crippen molar-refractivity contribution >= 4 is 51.4 Å². The third kappa shape index (κ3) is 4.96. The molecule has 2 N–H and O–H groups in total. The first-order valence-electron chi connectivity index (χ1n) is 7.64. The molecular weight excluding hydrogens is 381 g/mol. The van der Waals surface area contributed by atoms with Gasteiger partial charge in [0.05, 0.1) is 11.2 Å². The Labute approximate surface area is 157 Å². The zero-order chi connectivity index (χ0) is 19.0. The smallest absolute Gasteiger partial charge is 0.400 e. The minimum Gasteiger partial charge on any atom is -0.400 e. The molecule has 0 amide bonds. The van der Waals surface area contributed by atoms with Crippen LogP contribution in [0.3, 0.4) is 0 Å². The van der Waals surface area contributed by atoms with E-state index in [0.717, 1.165) is 28.6 Å². The number of sulfonamides is 1. The van der Waals surface area contributed by atoms with Gasteiger partial charge in [0, 0.05) is 17.6 Å². The van der Waals surface area contributed by atoms with Crippen molar-refractivity contribution < 1.29 is 22.5 Å². The summed E-state index contributed by atoms with van der Waals surface area (Å²) >= 11 is 2.22. The van der Waals surface area contributed by atoms with Gasteiger partial charge >= 0.3 is 7.12 Å². The maximum Gasteiger partial charge on any atom is 0.491 e. The van der Waals surface area contributed by atoms with Crippen LogP contribution in [0.1, 0.15) is 39.5 Å². The maximum absolute atomic E-state index is 11.4. The van der Waals surface area contributed by atoms with Gasteiger partial charge in [0.25, 0.3) is 0 Å². The molecule has 138 valence electrons. The largest absolute Gasteiger partial charge is 0.491 e. The second-order valence-corrected chi connectivity index (χ2v) is 10.8. The Morgan fingerprint density at radius 3 is 2.28 bits per heavy atom. The monoisotopic (exact) mass is 403 g/mol. The minimum atomic E-state index is -3.73. The van der Waals surface area contributed by atoms with Crippen molar-refractivity contribution in [3.05, 3.63) is 22.5 Å². The SMILES string of the molecule is CC(=O)SCC(=Cc1ccc(S(N)(=O)=O)s1)B1OC(C)(C)C(C)(C)O1. The van der Waals surface area contributed by atoms with E-state index in [4.69, 9.17) is 14.4 Å². The van der Waals surface area contributed by atoms with Crippen molar-refractivity contribution in [2.45, 2.75) is 50.0 Å². The van der Waals surface area contributed by atoms with E-state index in [2.05, 4.69) is 0 Å². The van der Waals surface area contributed by atoms with Gasteiger partial charge in [-0.15, -0.1) is 11.3 Å². The Kier molecular flexibility index (Phi) is 5.92. The Balaban J connectivity index is 2.33. The number of thiophene rings is 1. The highest BCUT2D eigenvalue weighted by Crippen LogP contribution is 2.39. The quantitative estimate of drug-likeness (QED) is 0.760. The van der Waals surface area contributed by atoms with Crippen molar-refractivity contribution in [3.63, 3.8) is 0 Å². The minimum absolute atomic E-state index is 0.0150. The standard InChI is InChI=1S/C15H22BNO5S3/c1-10(18)23-9-11(16-21-14(2,3)15(4,5)22-16)8-12-6-7-13(24-12)25(17,19)20/h6-8H,9H2,1-5H3,(H2,17,19,20). The predicted molar refractivity (Wildman–Crippen MR) is 103 cm³/mol. The summed E-state index contributed by atoms with van der Waals surface area (Å²) in [5.74, 6) is 0.398. The Morgan fingerprint density at radius 2 is 1.84 bits per heavy atom. The molecule has 2 heterocycles. The van der Waals surface area contributed by atoms with E-state index < -0.39 is 28.3 Å². The van der Waals surface area contributed by atoms with E-state index in [9.17, 15) is 13.2 Å². The lowest BCUT2D eigenvalue weighted by atomic mass is 9.79. The van der Waals surface area contributed by atoms with E-state index in [0.29, 0.717) is 10.6 Å². The van der Waals surface area contributed by atoms with Crippen molar-refractivity contribution in [2.75, 3.05) is 5.75 Å². The lowest BCUT2D eigenvalue weighted by molar-refractivity contribution is -0.109. The molecule has 1 aliphatic heterocycles. The van der Waals surface area contributed by atoms with Gasteiger partial charge in [0.1, 0.15) is 4.21 Å². The number of nitrogens with two attached hydrogens (primary N) is 1. The van der Waals surface area contributed by atoms with Crippen molar-refractivity contribution in [1.82, 2.24) is 0 Å². The summed E-state index contributed by atoms with van der Waals surface area (Å²) in [4.78, 5) is 12.1. The number of carbonyl (C=O) groups is 1. The normalized spacial score (nSPS) is 20.1. The number of hydrogen-bond donors (Lipinski definition) is 1. The van der Waals surface area contributed by atoms with Gasteiger partial charge in [-0.3, -0.25) is 4.79 Å². The summed E-state index contributed by atoms with van der Waals surface area (Å²) < 4.78 is 35.1. The molecule has 0 unspecified atom stereocenters. The first-order valence-corrected chi connectivity index (χ1v) is 11.0. The molecule has 1 aromatic rings. The first kappa shape index (κ1) is 20.7. The second-order valence-electron chi connectivity index (χ2n) is 6.79. The molecule has 1 saturated heterocycles. The molecule has 1 aliphatic rings. The summed E-state index contributed by atoms with van der Waals surface area (Å²) in [6.45, 7) is 9.30. The van der Waals surface area contributed by atoms with Gasteiger partial charge in [0.2, 0.25) is 10.0 Å². The molecular formula is C15H22BNO5S3. The number of primary sulfonamides is 1. The van der Waals surface area contributed by atoms with E-state index >= 15 is 0 Å². The van der Waals surface area contributed by atoms with E-state index in [1.165, 1.54) is 13.0 Å². The number of carbonyl (C=O) groups excluding carboxylic acids is 1. The van der Waals surface area contributed by atoms with Crippen LogP contribution in [0.15, 0.2) is 21.8 Å². The van der Waals surface area contributed by atoms with E-state index in [-0.39, 0.29) is 9.32 Å². The van der Waals surface area contributed by atoms with Gasteiger partial charge in [-0.1, -0.05) is 11.8 Å². The Bertz CT molecular complexity index is 782. The molecule has 0 aromatic carbocycles. The molecule has 1 aromatic heterocycles. The summed E-state index contributed by atoms with van der Waals surface area (Å²) in [7, 11) is -4.33. The molecule has 6 nitrogen and oxygen atoms in total. The van der Waals surface area contributed by atoms with Crippen LogP contribution in [0.4, 0.5) is 0 Å². The highest BCUT2D eigenvalue weighted by molar-refractivity contribution is 8.13. The zero-order valence-corrected chi connectivity index (χ0v) is 17.3. The topological polar surface area (TPSA) is 95.7 Å². The van der Waals surface area contributed by atoms with Crippen LogP contribution >= 0.6 is 23.1 Å². The van der Waals surface area contributed by atoms with Gasteiger partial charge in [0.15, 0.2) is 5.12 Å². The van der Waals surface area contributed by atoms with E-state index in [1.807, 2.05) is 27.7 Å². The molecule has 0 aliphatic carbocycles. The Hall–Kier alpha value is -0.645. The highest BCUT2D eigenvalue weighted by atomic mass is 32.2. The molecule has 25 heavy (non-hydrogen) atoms. The fraction of sp³-hybridized carbons (Fsp3) is 0.533. The van der Waals surface area contributed by atoms with Crippen LogP contribution in [0, 0.1) is 0 Å². The fourth-order valence-electron chi connectivity index (χ4n) is 2.10. The number of hydrogen-bond acceptors (Lipinski definition) is 7. The maximum atomic E-state index is 11.4. The van der Waals surface area contributed by atoms with Crippen LogP contribution in [0.5, 0.6) is 0 Å². The van der Waals surface area contributed by atoms with Gasteiger partial charge < -0.3 is 9.31 Å². The zero-order valence-electron chi connectivity index (χ0n) is 14.9. The predicted octanol–water partition coefficient (Wildman–Crippen LogP) is 2.69. The summed E-state index contributed by atoms with van der Waals surface area (Å²) in [6.07, 6.45) is 1.80. The van der Waals surface area contributed by atoms with Gasteiger partial charge in [-0.25, -0.2) is 13.6 Å². The Morgan fingerprint density at radius 1 is 1.28 bits per heavy atom. The lowest BCUT2D eigenvalue weighted by Crippen LogP contribution is -2.41. The molecule has 1 fully saturated rings. The van der Waals surface area contributed by atoms with Crippen LogP contribution < -0.4 is 5.14 Å². The van der Waals surface area contributed by atoms with Gasteiger partial charge in [-0.05, 0) is 51.4 Å².